The lowest BCUT2D eigenvalue weighted by molar-refractivity contribution is 0.0912. The lowest BCUT2D eigenvalue weighted by Gasteiger charge is -2.19. The molecule has 0 fully saturated rings. The summed E-state index contributed by atoms with van der Waals surface area (Å²) in [6.07, 6.45) is 6.11. The van der Waals surface area contributed by atoms with Crippen LogP contribution in [0.5, 0.6) is 5.75 Å². The van der Waals surface area contributed by atoms with Gasteiger partial charge in [0.05, 0.1) is 24.8 Å². The van der Waals surface area contributed by atoms with Gasteiger partial charge in [-0.15, -0.1) is 0 Å². The first-order chi connectivity index (χ1) is 14.7. The van der Waals surface area contributed by atoms with E-state index in [2.05, 4.69) is 16.4 Å². The van der Waals surface area contributed by atoms with Crippen LogP contribution in [-0.2, 0) is 19.3 Å². The molecule has 1 aliphatic rings. The van der Waals surface area contributed by atoms with E-state index in [4.69, 9.17) is 10.5 Å². The van der Waals surface area contributed by atoms with Crippen molar-refractivity contribution in [2.45, 2.75) is 38.1 Å². The number of hydrogen-bond acceptors (Lipinski definition) is 4. The number of aromatic amines is 1. The number of benzene rings is 2. The number of para-hydroxylation sites is 1. The molecular formula is C24H29N3O3. The fraction of sp³-hybridized carbons (Fsp3) is 0.375. The molecule has 0 spiro atoms. The molecule has 2 aromatic carbocycles. The Hall–Kier alpha value is -2.83. The summed E-state index contributed by atoms with van der Waals surface area (Å²) in [5.74, 6) is 0.459. The molecular weight excluding hydrogens is 378 g/mol. The van der Waals surface area contributed by atoms with Gasteiger partial charge in [0, 0.05) is 17.1 Å². The second-order valence-corrected chi connectivity index (χ2v) is 7.89. The van der Waals surface area contributed by atoms with Gasteiger partial charge in [-0.2, -0.15) is 0 Å². The van der Waals surface area contributed by atoms with Gasteiger partial charge in [0.15, 0.2) is 0 Å². The number of aliphatic hydroxyl groups is 1. The summed E-state index contributed by atoms with van der Waals surface area (Å²) < 4.78 is 5.95. The van der Waals surface area contributed by atoms with E-state index < -0.39 is 6.04 Å². The number of carbonyl (C=O) groups is 1. The highest BCUT2D eigenvalue weighted by Crippen LogP contribution is 2.30. The lowest BCUT2D eigenvalue weighted by Crippen LogP contribution is -2.39. The first-order valence-electron chi connectivity index (χ1n) is 10.6. The molecule has 3 aromatic rings. The number of aliphatic hydroxyl groups excluding tert-OH is 1. The van der Waals surface area contributed by atoms with Crippen molar-refractivity contribution in [3.05, 3.63) is 64.8 Å². The summed E-state index contributed by atoms with van der Waals surface area (Å²) in [4.78, 5) is 16.5. The standard InChI is InChI=1S/C24H29N3O3/c25-9-8-16-11-17-5-3-4-10-30-23(17)21(12-16)24(29)27-19(15-28)13-18-14-26-22-7-2-1-6-20(18)22/h1-2,6-7,11-12,14,19,26,28H,3-5,8-10,13,15,25H2,(H,27,29)/t19-/m1/s1. The van der Waals surface area contributed by atoms with Crippen LogP contribution in [0.3, 0.4) is 0 Å². The first kappa shape index (κ1) is 20.4. The summed E-state index contributed by atoms with van der Waals surface area (Å²) in [7, 11) is 0. The molecule has 2 heterocycles. The highest BCUT2D eigenvalue weighted by Gasteiger charge is 2.22. The van der Waals surface area contributed by atoms with Crippen LogP contribution in [0.2, 0.25) is 0 Å². The molecule has 0 unspecified atom stereocenters. The molecule has 30 heavy (non-hydrogen) atoms. The Labute approximate surface area is 176 Å². The smallest absolute Gasteiger partial charge is 0.255 e. The maximum absolute atomic E-state index is 13.2. The molecule has 0 bridgehead atoms. The zero-order valence-electron chi connectivity index (χ0n) is 17.1. The van der Waals surface area contributed by atoms with E-state index in [1.54, 1.807) is 0 Å². The Bertz CT molecular complexity index is 1030. The number of H-pyrrole nitrogens is 1. The first-order valence-corrected chi connectivity index (χ1v) is 10.6. The van der Waals surface area contributed by atoms with Gasteiger partial charge >= 0.3 is 0 Å². The summed E-state index contributed by atoms with van der Waals surface area (Å²) in [5.41, 5.74) is 10.5. The van der Waals surface area contributed by atoms with Crippen molar-refractivity contribution in [1.29, 1.82) is 0 Å². The van der Waals surface area contributed by atoms with Crippen LogP contribution in [0, 0.1) is 0 Å². The fourth-order valence-corrected chi connectivity index (χ4v) is 4.17. The van der Waals surface area contributed by atoms with Crippen molar-refractivity contribution >= 4 is 16.8 Å². The predicted octanol–water partition coefficient (Wildman–Crippen LogP) is 2.72. The minimum atomic E-state index is -0.392. The van der Waals surface area contributed by atoms with Crippen molar-refractivity contribution in [2.24, 2.45) is 5.73 Å². The average Bonchev–Trinajstić information content (AvgIpc) is 3.01. The second kappa shape index (κ2) is 9.32. The number of ether oxygens (including phenoxy) is 1. The highest BCUT2D eigenvalue weighted by atomic mass is 16.5. The molecule has 1 aromatic heterocycles. The second-order valence-electron chi connectivity index (χ2n) is 7.89. The number of carbonyl (C=O) groups excluding carboxylic acids is 1. The summed E-state index contributed by atoms with van der Waals surface area (Å²) in [6.45, 7) is 1.000. The molecule has 0 aliphatic carbocycles. The monoisotopic (exact) mass is 407 g/mol. The summed E-state index contributed by atoms with van der Waals surface area (Å²) in [6, 6.07) is 11.6. The van der Waals surface area contributed by atoms with Crippen molar-refractivity contribution in [3.63, 3.8) is 0 Å². The maximum Gasteiger partial charge on any atom is 0.255 e. The van der Waals surface area contributed by atoms with E-state index in [1.807, 2.05) is 36.5 Å². The molecule has 6 heteroatoms. The SMILES string of the molecule is NCCc1cc2c(c(C(=O)N[C@@H](CO)Cc3c[nH]c4ccccc34)c1)OCCCC2. The number of fused-ring (bicyclic) bond motifs is 2. The number of amides is 1. The van der Waals surface area contributed by atoms with Crippen molar-refractivity contribution in [3.8, 4) is 5.75 Å². The Morgan fingerprint density at radius 2 is 2.13 bits per heavy atom. The third-order valence-corrected chi connectivity index (χ3v) is 5.69. The summed E-state index contributed by atoms with van der Waals surface area (Å²) in [5, 5.41) is 14.1. The topological polar surface area (TPSA) is 100 Å². The minimum Gasteiger partial charge on any atom is -0.492 e. The van der Waals surface area contributed by atoms with Crippen molar-refractivity contribution < 1.29 is 14.6 Å². The Kier molecular flexibility index (Phi) is 6.35. The van der Waals surface area contributed by atoms with E-state index in [9.17, 15) is 9.90 Å². The molecule has 0 saturated carbocycles. The summed E-state index contributed by atoms with van der Waals surface area (Å²) >= 11 is 0. The van der Waals surface area contributed by atoms with Gasteiger partial charge in [-0.25, -0.2) is 0 Å². The molecule has 6 nitrogen and oxygen atoms in total. The molecule has 1 aliphatic heterocycles. The van der Waals surface area contributed by atoms with E-state index in [0.717, 1.165) is 46.9 Å². The van der Waals surface area contributed by atoms with Gasteiger partial charge in [0.1, 0.15) is 5.75 Å². The number of nitrogens with one attached hydrogen (secondary N) is 2. The molecule has 1 amide bonds. The van der Waals surface area contributed by atoms with Crippen LogP contribution in [0.25, 0.3) is 10.9 Å². The van der Waals surface area contributed by atoms with Gasteiger partial charge in [-0.05, 0) is 67.5 Å². The third kappa shape index (κ3) is 4.35. The average molecular weight is 408 g/mol. The molecule has 4 rings (SSSR count). The van der Waals surface area contributed by atoms with E-state index in [0.29, 0.717) is 37.3 Å². The molecule has 0 saturated heterocycles. The Balaban J connectivity index is 1.57. The largest absolute Gasteiger partial charge is 0.492 e. The van der Waals surface area contributed by atoms with Gasteiger partial charge < -0.3 is 25.9 Å². The zero-order chi connectivity index (χ0) is 20.9. The Morgan fingerprint density at radius 1 is 1.27 bits per heavy atom. The fourth-order valence-electron chi connectivity index (χ4n) is 4.17. The minimum absolute atomic E-state index is 0.142. The van der Waals surface area contributed by atoms with Crippen LogP contribution in [0.1, 0.15) is 39.9 Å². The van der Waals surface area contributed by atoms with Crippen LogP contribution >= 0.6 is 0 Å². The normalized spacial score (nSPS) is 14.6. The van der Waals surface area contributed by atoms with Crippen molar-refractivity contribution in [2.75, 3.05) is 19.8 Å². The van der Waals surface area contributed by atoms with Gasteiger partial charge in [-0.3, -0.25) is 4.79 Å². The van der Waals surface area contributed by atoms with E-state index >= 15 is 0 Å². The van der Waals surface area contributed by atoms with Gasteiger partial charge in [0.2, 0.25) is 0 Å². The van der Waals surface area contributed by atoms with Gasteiger partial charge in [0.25, 0.3) is 5.91 Å². The zero-order valence-corrected chi connectivity index (χ0v) is 17.1. The lowest BCUT2D eigenvalue weighted by atomic mass is 9.98. The van der Waals surface area contributed by atoms with Crippen LogP contribution in [-0.4, -0.2) is 41.8 Å². The maximum atomic E-state index is 13.2. The molecule has 1 atom stereocenters. The quantitative estimate of drug-likeness (QED) is 0.484. The van der Waals surface area contributed by atoms with Crippen LogP contribution in [0.15, 0.2) is 42.6 Å². The third-order valence-electron chi connectivity index (χ3n) is 5.69. The number of nitrogens with two attached hydrogens (primary N) is 1. The number of aromatic nitrogens is 1. The number of hydrogen-bond donors (Lipinski definition) is 4. The van der Waals surface area contributed by atoms with E-state index in [-0.39, 0.29) is 12.5 Å². The molecule has 5 N–H and O–H groups in total. The van der Waals surface area contributed by atoms with Crippen LogP contribution in [0.4, 0.5) is 0 Å². The van der Waals surface area contributed by atoms with E-state index in [1.165, 1.54) is 0 Å². The molecule has 158 valence electrons. The molecule has 0 radical (unpaired) electrons. The number of rotatable bonds is 7. The highest BCUT2D eigenvalue weighted by molar-refractivity contribution is 5.98. The van der Waals surface area contributed by atoms with Gasteiger partial charge in [-0.1, -0.05) is 24.3 Å². The van der Waals surface area contributed by atoms with Crippen LogP contribution < -0.4 is 15.8 Å². The number of aryl methyl sites for hydroxylation is 1. The Morgan fingerprint density at radius 3 is 2.97 bits per heavy atom. The van der Waals surface area contributed by atoms with Crippen molar-refractivity contribution in [1.82, 2.24) is 10.3 Å². The predicted molar refractivity (Wildman–Crippen MR) is 118 cm³/mol.